The Morgan fingerprint density at radius 3 is 2.58 bits per heavy atom. The maximum absolute atomic E-state index is 13.0. The van der Waals surface area contributed by atoms with Crippen molar-refractivity contribution in [3.05, 3.63) is 31.6 Å². The Bertz CT molecular complexity index is 342. The molecule has 1 aromatic rings. The molecule has 1 aromatic carbocycles. The third kappa shape index (κ3) is 1.77. The van der Waals surface area contributed by atoms with Crippen LogP contribution in [0.3, 0.4) is 0 Å². The first-order chi connectivity index (χ1) is 5.54. The van der Waals surface area contributed by atoms with Gasteiger partial charge in [-0.25, -0.2) is 4.39 Å². The Hall–Kier alpha value is -0.170. The fraction of sp³-hybridized carbons (Fsp3) is 0. The van der Waals surface area contributed by atoms with Gasteiger partial charge >= 0.3 is 0 Å². The topological polar surface area (TPSA) is 43.1 Å². The predicted molar refractivity (Wildman–Crippen MR) is 55.3 cm³/mol. The quantitative estimate of drug-likeness (QED) is 0.617. The molecule has 0 radical (unpaired) electrons. The van der Waals surface area contributed by atoms with Crippen LogP contribution in [0.4, 0.5) is 4.39 Å². The number of hydrogen-bond acceptors (Lipinski definition) is 1. The maximum Gasteiger partial charge on any atom is 0.252 e. The molecule has 1 rings (SSSR count). The Morgan fingerprint density at radius 1 is 1.58 bits per heavy atom. The highest BCUT2D eigenvalue weighted by atomic mass is 127. The van der Waals surface area contributed by atoms with Crippen LogP contribution >= 0.6 is 38.5 Å². The van der Waals surface area contributed by atoms with Crippen molar-refractivity contribution < 1.29 is 9.18 Å². The monoisotopic (exact) mass is 343 g/mol. The van der Waals surface area contributed by atoms with Crippen LogP contribution in [0.25, 0.3) is 0 Å². The van der Waals surface area contributed by atoms with Crippen LogP contribution in [-0.4, -0.2) is 5.91 Å². The molecule has 0 heterocycles. The summed E-state index contributed by atoms with van der Waals surface area (Å²) >= 11 is 5.02. The van der Waals surface area contributed by atoms with Gasteiger partial charge in [0.1, 0.15) is 5.82 Å². The van der Waals surface area contributed by atoms with Gasteiger partial charge in [0.2, 0.25) is 0 Å². The van der Waals surface area contributed by atoms with E-state index in [4.69, 9.17) is 5.73 Å². The first kappa shape index (κ1) is 9.91. The van der Waals surface area contributed by atoms with Gasteiger partial charge < -0.3 is 5.73 Å². The van der Waals surface area contributed by atoms with E-state index < -0.39 is 11.7 Å². The minimum Gasteiger partial charge on any atom is -0.365 e. The zero-order valence-corrected chi connectivity index (χ0v) is 9.52. The summed E-state index contributed by atoms with van der Waals surface area (Å²) in [6.45, 7) is 0. The van der Waals surface area contributed by atoms with Gasteiger partial charge in [-0.3, -0.25) is 4.79 Å². The second-order valence-electron chi connectivity index (χ2n) is 2.08. The normalized spacial score (nSPS) is 9.92. The van der Waals surface area contributed by atoms with E-state index in [1.165, 1.54) is 12.1 Å². The molecule has 0 aliphatic rings. The molecule has 5 heteroatoms. The number of halogens is 3. The summed E-state index contributed by atoms with van der Waals surface area (Å²) in [4.78, 5) is 10.8. The van der Waals surface area contributed by atoms with Gasteiger partial charge in [-0.05, 0) is 50.7 Å². The van der Waals surface area contributed by atoms with E-state index >= 15 is 0 Å². The van der Waals surface area contributed by atoms with E-state index in [1.54, 1.807) is 0 Å². The van der Waals surface area contributed by atoms with Crippen molar-refractivity contribution in [3.63, 3.8) is 0 Å². The van der Waals surface area contributed by atoms with Gasteiger partial charge in [0.25, 0.3) is 5.91 Å². The van der Waals surface area contributed by atoms with E-state index in [0.29, 0.717) is 8.04 Å². The zero-order valence-electron chi connectivity index (χ0n) is 5.77. The van der Waals surface area contributed by atoms with Gasteiger partial charge in [0, 0.05) is 8.04 Å². The van der Waals surface area contributed by atoms with Gasteiger partial charge in [-0.2, -0.15) is 0 Å². The highest BCUT2D eigenvalue weighted by Gasteiger charge is 2.14. The van der Waals surface area contributed by atoms with Crippen LogP contribution in [0.5, 0.6) is 0 Å². The third-order valence-electron chi connectivity index (χ3n) is 1.29. The van der Waals surface area contributed by atoms with Crippen molar-refractivity contribution in [2.45, 2.75) is 0 Å². The summed E-state index contributed by atoms with van der Waals surface area (Å²) in [5.41, 5.74) is 4.91. The van der Waals surface area contributed by atoms with Crippen LogP contribution in [0.2, 0.25) is 0 Å². The van der Waals surface area contributed by atoms with Crippen LogP contribution in [-0.2, 0) is 0 Å². The summed E-state index contributed by atoms with van der Waals surface area (Å²) in [6, 6.07) is 2.73. The number of amides is 1. The van der Waals surface area contributed by atoms with Crippen molar-refractivity contribution in [2.24, 2.45) is 5.73 Å². The first-order valence-corrected chi connectivity index (χ1v) is 4.84. The Kier molecular flexibility index (Phi) is 3.05. The van der Waals surface area contributed by atoms with E-state index in [9.17, 15) is 9.18 Å². The highest BCUT2D eigenvalue weighted by Crippen LogP contribution is 2.24. The molecular weight excluding hydrogens is 340 g/mol. The number of primary amides is 1. The molecule has 0 aliphatic heterocycles. The summed E-state index contributed by atoms with van der Waals surface area (Å²) in [7, 11) is 0. The molecule has 0 saturated heterocycles. The van der Waals surface area contributed by atoms with Gasteiger partial charge in [-0.15, -0.1) is 0 Å². The Morgan fingerprint density at radius 2 is 2.17 bits per heavy atom. The molecule has 1 amide bonds. The van der Waals surface area contributed by atoms with Gasteiger partial charge in [-0.1, -0.05) is 0 Å². The zero-order chi connectivity index (χ0) is 9.30. The molecule has 0 aliphatic carbocycles. The minimum absolute atomic E-state index is 0.0648. The fourth-order valence-electron chi connectivity index (χ4n) is 0.753. The molecule has 0 atom stereocenters. The van der Waals surface area contributed by atoms with E-state index in [1.807, 2.05) is 22.6 Å². The molecule has 0 saturated carbocycles. The number of nitrogens with two attached hydrogens (primary N) is 1. The largest absolute Gasteiger partial charge is 0.365 e. The first-order valence-electron chi connectivity index (χ1n) is 2.97. The van der Waals surface area contributed by atoms with Crippen LogP contribution < -0.4 is 5.73 Å². The lowest BCUT2D eigenvalue weighted by molar-refractivity contribution is 0.0995. The predicted octanol–water partition coefficient (Wildman–Crippen LogP) is 2.29. The lowest BCUT2D eigenvalue weighted by atomic mass is 10.2. The maximum atomic E-state index is 13.0. The number of carbonyl (C=O) groups excluding carboxylic acids is 1. The van der Waals surface area contributed by atoms with Crippen molar-refractivity contribution in [2.75, 3.05) is 0 Å². The summed E-state index contributed by atoms with van der Waals surface area (Å²) in [5, 5.41) is 0. The average molecular weight is 344 g/mol. The molecule has 2 N–H and O–H groups in total. The number of hydrogen-bond donors (Lipinski definition) is 1. The lowest BCUT2D eigenvalue weighted by Crippen LogP contribution is -2.15. The van der Waals surface area contributed by atoms with Crippen molar-refractivity contribution in [3.8, 4) is 0 Å². The van der Waals surface area contributed by atoms with Crippen LogP contribution in [0.15, 0.2) is 16.6 Å². The number of carbonyl (C=O) groups is 1. The lowest BCUT2D eigenvalue weighted by Gasteiger charge is -2.02. The van der Waals surface area contributed by atoms with E-state index in [0.717, 1.165) is 0 Å². The summed E-state index contributed by atoms with van der Waals surface area (Å²) in [5.74, 6) is -1.34. The molecule has 0 fully saturated rings. The molecule has 2 nitrogen and oxygen atoms in total. The second kappa shape index (κ2) is 3.69. The average Bonchev–Trinajstić information content (AvgIpc) is 1.97. The molecule has 0 bridgehead atoms. The van der Waals surface area contributed by atoms with Gasteiger partial charge in [0.15, 0.2) is 0 Å². The van der Waals surface area contributed by atoms with E-state index in [-0.39, 0.29) is 5.56 Å². The summed E-state index contributed by atoms with van der Waals surface area (Å²) < 4.78 is 14.1. The van der Waals surface area contributed by atoms with Crippen molar-refractivity contribution in [1.29, 1.82) is 0 Å². The smallest absolute Gasteiger partial charge is 0.252 e. The minimum atomic E-state index is -0.752. The van der Waals surface area contributed by atoms with Crippen LogP contribution in [0, 0.1) is 9.39 Å². The number of rotatable bonds is 1. The van der Waals surface area contributed by atoms with Crippen molar-refractivity contribution in [1.82, 2.24) is 0 Å². The van der Waals surface area contributed by atoms with E-state index in [2.05, 4.69) is 15.9 Å². The Labute approximate surface area is 90.6 Å². The molecule has 64 valence electrons. The number of benzene rings is 1. The standard InChI is InChI=1S/C7H4BrFINO/c8-3-1-2-4(9)5(6(3)10)7(11)12/h1-2H,(H2,11,12). The van der Waals surface area contributed by atoms with Crippen molar-refractivity contribution >= 4 is 44.4 Å². The highest BCUT2D eigenvalue weighted by molar-refractivity contribution is 14.1. The molecule has 0 spiro atoms. The SMILES string of the molecule is NC(=O)c1c(F)ccc(Br)c1I. The molecular formula is C7H4BrFINO. The third-order valence-corrected chi connectivity index (χ3v) is 3.81. The van der Waals surface area contributed by atoms with Crippen LogP contribution in [0.1, 0.15) is 10.4 Å². The molecule has 12 heavy (non-hydrogen) atoms. The summed E-state index contributed by atoms with van der Waals surface area (Å²) in [6.07, 6.45) is 0. The molecule has 0 unspecified atom stereocenters. The Balaban J connectivity index is 3.43. The fourth-order valence-corrected chi connectivity index (χ4v) is 1.79. The van der Waals surface area contributed by atoms with Gasteiger partial charge in [0.05, 0.1) is 5.56 Å². The second-order valence-corrected chi connectivity index (χ2v) is 4.02. The molecule has 0 aromatic heterocycles.